The first-order chi connectivity index (χ1) is 9.94. The van der Waals surface area contributed by atoms with Gasteiger partial charge in [0.05, 0.1) is 17.7 Å². The van der Waals surface area contributed by atoms with Crippen LogP contribution in [0.3, 0.4) is 0 Å². The maximum atomic E-state index is 12.4. The third-order valence-electron chi connectivity index (χ3n) is 2.86. The zero-order valence-corrected chi connectivity index (χ0v) is 13.2. The molecule has 0 amide bonds. The highest BCUT2D eigenvalue weighted by Gasteiger charge is 2.23. The van der Waals surface area contributed by atoms with Crippen molar-refractivity contribution in [3.8, 4) is 0 Å². The molecule has 1 unspecified atom stereocenters. The Balaban J connectivity index is 2.34. The molecule has 0 fully saturated rings. The third-order valence-corrected chi connectivity index (χ3v) is 5.05. The van der Waals surface area contributed by atoms with Gasteiger partial charge in [0.25, 0.3) is 0 Å². The van der Waals surface area contributed by atoms with E-state index in [1.165, 1.54) is 18.2 Å². The standard InChI is InChI=1S/C14H13Cl2NO3S/c15-11-6-7-12(16)14(8-11)21(19,20)17-13(9-18)10-4-2-1-3-5-10/h1-8,13,17-18H,9H2. The Hall–Kier alpha value is -1.11. The maximum Gasteiger partial charge on any atom is 0.242 e. The van der Waals surface area contributed by atoms with Crippen LogP contribution in [0, 0.1) is 0 Å². The molecule has 0 aliphatic heterocycles. The molecule has 0 aromatic heterocycles. The van der Waals surface area contributed by atoms with Gasteiger partial charge in [0.1, 0.15) is 4.90 Å². The molecule has 0 aliphatic carbocycles. The minimum Gasteiger partial charge on any atom is -0.394 e. The summed E-state index contributed by atoms with van der Waals surface area (Å²) in [5.41, 5.74) is 0.654. The lowest BCUT2D eigenvalue weighted by atomic mass is 10.1. The Morgan fingerprint density at radius 3 is 2.38 bits per heavy atom. The molecule has 4 nitrogen and oxygen atoms in total. The van der Waals surface area contributed by atoms with Gasteiger partial charge in [-0.1, -0.05) is 53.5 Å². The van der Waals surface area contributed by atoms with Crippen molar-refractivity contribution in [2.24, 2.45) is 0 Å². The molecule has 21 heavy (non-hydrogen) atoms. The van der Waals surface area contributed by atoms with Crippen molar-refractivity contribution in [2.75, 3.05) is 6.61 Å². The van der Waals surface area contributed by atoms with Gasteiger partial charge >= 0.3 is 0 Å². The number of nitrogens with one attached hydrogen (secondary N) is 1. The molecule has 112 valence electrons. The zero-order chi connectivity index (χ0) is 15.5. The first kappa shape index (κ1) is 16.3. The van der Waals surface area contributed by atoms with Gasteiger partial charge in [-0.05, 0) is 23.8 Å². The summed E-state index contributed by atoms with van der Waals surface area (Å²) in [7, 11) is -3.90. The second-order valence-electron chi connectivity index (χ2n) is 4.34. The molecule has 0 heterocycles. The summed E-state index contributed by atoms with van der Waals surface area (Å²) in [4.78, 5) is -0.119. The van der Waals surface area contributed by atoms with Crippen LogP contribution < -0.4 is 4.72 Å². The summed E-state index contributed by atoms with van der Waals surface area (Å²) in [6.07, 6.45) is 0. The van der Waals surface area contributed by atoms with Crippen molar-refractivity contribution in [1.29, 1.82) is 0 Å². The zero-order valence-electron chi connectivity index (χ0n) is 10.8. The van der Waals surface area contributed by atoms with Crippen molar-refractivity contribution < 1.29 is 13.5 Å². The fraction of sp³-hybridized carbons (Fsp3) is 0.143. The molecular weight excluding hydrogens is 333 g/mol. The normalized spacial score (nSPS) is 13.1. The first-order valence-corrected chi connectivity index (χ1v) is 8.31. The van der Waals surface area contributed by atoms with Crippen LogP contribution in [0.4, 0.5) is 0 Å². The number of halogens is 2. The number of benzene rings is 2. The van der Waals surface area contributed by atoms with Crippen LogP contribution in [-0.2, 0) is 10.0 Å². The Morgan fingerprint density at radius 2 is 1.76 bits per heavy atom. The van der Waals surface area contributed by atoms with Gasteiger partial charge < -0.3 is 5.11 Å². The Bertz CT molecular complexity index is 720. The Kier molecular flexibility index (Phi) is 5.24. The number of aliphatic hydroxyl groups is 1. The van der Waals surface area contributed by atoms with E-state index in [-0.39, 0.29) is 21.5 Å². The van der Waals surface area contributed by atoms with E-state index < -0.39 is 16.1 Å². The van der Waals surface area contributed by atoms with Crippen molar-refractivity contribution in [3.63, 3.8) is 0 Å². The van der Waals surface area contributed by atoms with E-state index in [2.05, 4.69) is 4.72 Å². The molecule has 0 saturated heterocycles. The average Bonchev–Trinajstić information content (AvgIpc) is 2.48. The highest BCUT2D eigenvalue weighted by molar-refractivity contribution is 7.89. The lowest BCUT2D eigenvalue weighted by Gasteiger charge is -2.17. The summed E-state index contributed by atoms with van der Waals surface area (Å²) in [6, 6.07) is 12.2. The average molecular weight is 346 g/mol. The largest absolute Gasteiger partial charge is 0.394 e. The van der Waals surface area contributed by atoms with E-state index in [4.69, 9.17) is 23.2 Å². The summed E-state index contributed by atoms with van der Waals surface area (Å²) in [5, 5.41) is 9.76. The Labute approximate surface area is 133 Å². The van der Waals surface area contributed by atoms with Crippen LogP contribution in [0.2, 0.25) is 10.0 Å². The molecule has 2 rings (SSSR count). The summed E-state index contributed by atoms with van der Waals surface area (Å²) < 4.78 is 27.2. The molecule has 1 atom stereocenters. The van der Waals surface area contributed by atoms with Crippen LogP contribution in [0.1, 0.15) is 11.6 Å². The van der Waals surface area contributed by atoms with E-state index >= 15 is 0 Å². The second-order valence-corrected chi connectivity index (χ2v) is 6.87. The lowest BCUT2D eigenvalue weighted by Crippen LogP contribution is -2.31. The lowest BCUT2D eigenvalue weighted by molar-refractivity contribution is 0.259. The van der Waals surface area contributed by atoms with Gasteiger partial charge in [0, 0.05) is 5.02 Å². The van der Waals surface area contributed by atoms with Gasteiger partial charge in [-0.15, -0.1) is 0 Å². The predicted molar refractivity (Wildman–Crippen MR) is 83.1 cm³/mol. The topological polar surface area (TPSA) is 66.4 Å². The van der Waals surface area contributed by atoms with Gasteiger partial charge in [0.2, 0.25) is 10.0 Å². The highest BCUT2D eigenvalue weighted by atomic mass is 35.5. The molecule has 0 saturated carbocycles. The molecule has 7 heteroatoms. The van der Waals surface area contributed by atoms with E-state index in [9.17, 15) is 13.5 Å². The minimum absolute atomic E-state index is 0.0663. The number of hydrogen-bond acceptors (Lipinski definition) is 3. The van der Waals surface area contributed by atoms with Crippen molar-refractivity contribution in [3.05, 3.63) is 64.1 Å². The van der Waals surface area contributed by atoms with Crippen LogP contribution >= 0.6 is 23.2 Å². The van der Waals surface area contributed by atoms with E-state index in [1.54, 1.807) is 30.3 Å². The quantitative estimate of drug-likeness (QED) is 0.875. The molecule has 0 spiro atoms. The van der Waals surface area contributed by atoms with Crippen LogP contribution in [-0.4, -0.2) is 20.1 Å². The van der Waals surface area contributed by atoms with Gasteiger partial charge in [0.15, 0.2) is 0 Å². The van der Waals surface area contributed by atoms with Gasteiger partial charge in [-0.3, -0.25) is 0 Å². The smallest absolute Gasteiger partial charge is 0.242 e. The van der Waals surface area contributed by atoms with Crippen molar-refractivity contribution in [2.45, 2.75) is 10.9 Å². The minimum atomic E-state index is -3.90. The highest BCUT2D eigenvalue weighted by Crippen LogP contribution is 2.26. The second kappa shape index (κ2) is 6.77. The fourth-order valence-electron chi connectivity index (χ4n) is 1.83. The van der Waals surface area contributed by atoms with E-state index in [0.29, 0.717) is 5.56 Å². The molecule has 2 N–H and O–H groups in total. The van der Waals surface area contributed by atoms with Gasteiger partial charge in [-0.25, -0.2) is 13.1 Å². The van der Waals surface area contributed by atoms with Crippen LogP contribution in [0.15, 0.2) is 53.4 Å². The summed E-state index contributed by atoms with van der Waals surface area (Å²) in [5.74, 6) is 0. The third kappa shape index (κ3) is 3.96. The molecule has 0 aliphatic rings. The number of rotatable bonds is 5. The number of hydrogen-bond donors (Lipinski definition) is 2. The van der Waals surface area contributed by atoms with Gasteiger partial charge in [-0.2, -0.15) is 0 Å². The molecule has 2 aromatic rings. The predicted octanol–water partition coefficient (Wildman–Crippen LogP) is 3.01. The van der Waals surface area contributed by atoms with Crippen molar-refractivity contribution >= 4 is 33.2 Å². The molecule has 0 radical (unpaired) electrons. The maximum absolute atomic E-state index is 12.4. The fourth-order valence-corrected chi connectivity index (χ4v) is 3.81. The number of sulfonamides is 1. The van der Waals surface area contributed by atoms with Crippen molar-refractivity contribution in [1.82, 2.24) is 4.72 Å². The van der Waals surface area contributed by atoms with Crippen LogP contribution in [0.25, 0.3) is 0 Å². The summed E-state index contributed by atoms with van der Waals surface area (Å²) in [6.45, 7) is -0.374. The molecule has 0 bridgehead atoms. The SMILES string of the molecule is O=S(=O)(NC(CO)c1ccccc1)c1cc(Cl)ccc1Cl. The number of aliphatic hydroxyl groups excluding tert-OH is 1. The first-order valence-electron chi connectivity index (χ1n) is 6.07. The van der Waals surface area contributed by atoms with E-state index in [0.717, 1.165) is 0 Å². The Morgan fingerprint density at radius 1 is 1.10 bits per heavy atom. The molecule has 2 aromatic carbocycles. The summed E-state index contributed by atoms with van der Waals surface area (Å²) >= 11 is 11.7. The monoisotopic (exact) mass is 345 g/mol. The van der Waals surface area contributed by atoms with E-state index in [1.807, 2.05) is 0 Å². The van der Waals surface area contributed by atoms with Crippen LogP contribution in [0.5, 0.6) is 0 Å². The molecular formula is C14H13Cl2NO3S.